The Balaban J connectivity index is 1.34. The van der Waals surface area contributed by atoms with Crippen molar-refractivity contribution < 1.29 is 24.2 Å². The van der Waals surface area contributed by atoms with Gasteiger partial charge in [-0.1, -0.05) is 62.4 Å². The smallest absolute Gasteiger partial charge is 0.407 e. The second-order valence-corrected chi connectivity index (χ2v) is 8.75. The standard InChI is InChI=1S/C27H27N3O5/c1-16(2)24(26(32)33)30-25(31)17-11-12-28-18(13-17)14-29-27(34)35-15-23-21-9-5-3-7-19(21)20-8-4-6-10-22(20)23/h3-13,16,23-24H,14-15H2,1-2H3,(H,29,34)(H,30,31)(H,32,33). The lowest BCUT2D eigenvalue weighted by atomic mass is 9.98. The van der Waals surface area contributed by atoms with Crippen molar-refractivity contribution in [2.75, 3.05) is 6.61 Å². The summed E-state index contributed by atoms with van der Waals surface area (Å²) in [5.74, 6) is -1.93. The number of carboxylic acids is 1. The zero-order valence-corrected chi connectivity index (χ0v) is 19.5. The second kappa shape index (κ2) is 10.4. The minimum atomic E-state index is -1.10. The van der Waals surface area contributed by atoms with Crippen molar-refractivity contribution in [3.8, 4) is 11.1 Å². The van der Waals surface area contributed by atoms with Crippen LogP contribution in [0.1, 0.15) is 46.9 Å². The number of carbonyl (C=O) groups excluding carboxylic acids is 2. The van der Waals surface area contributed by atoms with Crippen LogP contribution in [-0.4, -0.2) is 40.7 Å². The maximum atomic E-state index is 12.5. The summed E-state index contributed by atoms with van der Waals surface area (Å²) in [7, 11) is 0. The number of benzene rings is 2. The molecule has 0 bridgehead atoms. The molecule has 0 saturated carbocycles. The molecular weight excluding hydrogens is 446 g/mol. The highest BCUT2D eigenvalue weighted by Crippen LogP contribution is 2.44. The monoisotopic (exact) mass is 473 g/mol. The molecule has 8 heteroatoms. The van der Waals surface area contributed by atoms with Crippen LogP contribution in [0, 0.1) is 5.92 Å². The Labute approximate surface area is 203 Å². The van der Waals surface area contributed by atoms with Gasteiger partial charge in [0.1, 0.15) is 12.6 Å². The lowest BCUT2D eigenvalue weighted by molar-refractivity contribution is -0.140. The predicted octanol–water partition coefficient (Wildman–Crippen LogP) is 3.96. The van der Waals surface area contributed by atoms with Gasteiger partial charge >= 0.3 is 12.1 Å². The van der Waals surface area contributed by atoms with Crippen LogP contribution in [0.15, 0.2) is 66.9 Å². The van der Waals surface area contributed by atoms with E-state index in [1.165, 1.54) is 18.3 Å². The SMILES string of the molecule is CC(C)C(NC(=O)c1ccnc(CNC(=O)OCC2c3ccccc3-c3ccccc32)c1)C(=O)O. The van der Waals surface area contributed by atoms with E-state index in [1.807, 2.05) is 24.3 Å². The van der Waals surface area contributed by atoms with Gasteiger partial charge in [0.25, 0.3) is 5.91 Å². The molecule has 2 amide bonds. The first-order chi connectivity index (χ1) is 16.8. The van der Waals surface area contributed by atoms with Gasteiger partial charge in [-0.15, -0.1) is 0 Å². The van der Waals surface area contributed by atoms with Crippen molar-refractivity contribution in [2.45, 2.75) is 32.4 Å². The number of pyridine rings is 1. The number of hydrogen-bond acceptors (Lipinski definition) is 5. The molecule has 1 aliphatic carbocycles. The summed E-state index contributed by atoms with van der Waals surface area (Å²) < 4.78 is 5.52. The molecule has 0 spiro atoms. The van der Waals surface area contributed by atoms with Crippen molar-refractivity contribution in [3.63, 3.8) is 0 Å². The Morgan fingerprint density at radius 3 is 2.23 bits per heavy atom. The number of hydrogen-bond donors (Lipinski definition) is 3. The zero-order valence-electron chi connectivity index (χ0n) is 19.5. The van der Waals surface area contributed by atoms with Gasteiger partial charge in [0.05, 0.1) is 12.2 Å². The Morgan fingerprint density at radius 2 is 1.63 bits per heavy atom. The molecule has 8 nitrogen and oxygen atoms in total. The van der Waals surface area contributed by atoms with E-state index in [0.717, 1.165) is 22.3 Å². The summed E-state index contributed by atoms with van der Waals surface area (Å²) in [4.78, 5) is 40.4. The van der Waals surface area contributed by atoms with Gasteiger partial charge in [0, 0.05) is 17.7 Å². The van der Waals surface area contributed by atoms with Crippen LogP contribution in [-0.2, 0) is 16.1 Å². The first-order valence-electron chi connectivity index (χ1n) is 11.4. The summed E-state index contributed by atoms with van der Waals surface area (Å²) >= 11 is 0. The average molecular weight is 474 g/mol. The largest absolute Gasteiger partial charge is 0.480 e. The molecule has 3 N–H and O–H groups in total. The summed E-state index contributed by atoms with van der Waals surface area (Å²) in [6.07, 6.45) is 0.851. The van der Waals surface area contributed by atoms with E-state index in [4.69, 9.17) is 4.74 Å². The fraction of sp³-hybridized carbons (Fsp3) is 0.259. The van der Waals surface area contributed by atoms with Gasteiger partial charge in [-0.25, -0.2) is 9.59 Å². The number of nitrogens with one attached hydrogen (secondary N) is 2. The first kappa shape index (κ1) is 23.9. The lowest BCUT2D eigenvalue weighted by Crippen LogP contribution is -2.44. The van der Waals surface area contributed by atoms with Gasteiger partial charge in [-0.2, -0.15) is 0 Å². The third kappa shape index (κ3) is 5.32. The van der Waals surface area contributed by atoms with E-state index in [0.29, 0.717) is 5.69 Å². The maximum Gasteiger partial charge on any atom is 0.407 e. The molecule has 3 aromatic rings. The molecule has 1 heterocycles. The van der Waals surface area contributed by atoms with Crippen LogP contribution < -0.4 is 10.6 Å². The number of fused-ring (bicyclic) bond motifs is 3. The molecule has 1 aromatic heterocycles. The molecule has 4 rings (SSSR count). The molecule has 35 heavy (non-hydrogen) atoms. The van der Waals surface area contributed by atoms with Crippen LogP contribution in [0.5, 0.6) is 0 Å². The van der Waals surface area contributed by atoms with Crippen LogP contribution >= 0.6 is 0 Å². The minimum absolute atomic E-state index is 0.0403. The summed E-state index contributed by atoms with van der Waals surface area (Å²) in [6.45, 7) is 3.69. The first-order valence-corrected chi connectivity index (χ1v) is 11.4. The average Bonchev–Trinajstić information content (AvgIpc) is 3.18. The van der Waals surface area contributed by atoms with E-state index in [2.05, 4.69) is 39.9 Å². The van der Waals surface area contributed by atoms with Gasteiger partial charge in [0.15, 0.2) is 0 Å². The van der Waals surface area contributed by atoms with E-state index in [1.54, 1.807) is 13.8 Å². The highest BCUT2D eigenvalue weighted by atomic mass is 16.5. The zero-order chi connectivity index (χ0) is 24.9. The van der Waals surface area contributed by atoms with E-state index >= 15 is 0 Å². The molecule has 180 valence electrons. The maximum absolute atomic E-state index is 12.5. The van der Waals surface area contributed by atoms with Crippen molar-refractivity contribution >= 4 is 18.0 Å². The normalized spacial score (nSPS) is 13.0. The molecule has 1 atom stereocenters. The van der Waals surface area contributed by atoms with E-state index < -0.39 is 24.0 Å². The van der Waals surface area contributed by atoms with E-state index in [-0.39, 0.29) is 30.6 Å². The molecule has 1 aliphatic rings. The minimum Gasteiger partial charge on any atom is -0.480 e. The van der Waals surface area contributed by atoms with Crippen molar-refractivity contribution in [1.29, 1.82) is 0 Å². The summed E-state index contributed by atoms with van der Waals surface area (Å²) in [6, 6.07) is 18.2. The molecule has 2 aromatic carbocycles. The van der Waals surface area contributed by atoms with Crippen LogP contribution in [0.2, 0.25) is 0 Å². The number of rotatable bonds is 8. The van der Waals surface area contributed by atoms with Gasteiger partial charge in [-0.05, 0) is 40.3 Å². The van der Waals surface area contributed by atoms with Crippen molar-refractivity contribution in [3.05, 3.63) is 89.2 Å². The highest BCUT2D eigenvalue weighted by Gasteiger charge is 2.29. The Kier molecular flexibility index (Phi) is 7.10. The second-order valence-electron chi connectivity index (χ2n) is 8.75. The van der Waals surface area contributed by atoms with Crippen LogP contribution in [0.4, 0.5) is 4.79 Å². The Morgan fingerprint density at radius 1 is 1.00 bits per heavy atom. The summed E-state index contributed by atoms with van der Waals surface area (Å²) in [5.41, 5.74) is 5.27. The van der Waals surface area contributed by atoms with Gasteiger partial charge < -0.3 is 20.5 Å². The third-order valence-corrected chi connectivity index (χ3v) is 6.06. The van der Waals surface area contributed by atoms with Crippen molar-refractivity contribution in [2.24, 2.45) is 5.92 Å². The number of alkyl carbamates (subject to hydrolysis) is 1. The highest BCUT2D eigenvalue weighted by molar-refractivity contribution is 5.96. The van der Waals surface area contributed by atoms with E-state index in [9.17, 15) is 19.5 Å². The number of aliphatic carboxylic acids is 1. The molecule has 0 aliphatic heterocycles. The number of carbonyl (C=O) groups is 3. The Bertz CT molecular complexity index is 1210. The quantitative estimate of drug-likeness (QED) is 0.456. The van der Waals surface area contributed by atoms with Crippen LogP contribution in [0.3, 0.4) is 0 Å². The number of amides is 2. The number of carboxylic acid groups (broad SMARTS) is 1. The topological polar surface area (TPSA) is 118 Å². The predicted molar refractivity (Wildman–Crippen MR) is 130 cm³/mol. The van der Waals surface area contributed by atoms with Gasteiger partial charge in [-0.3, -0.25) is 9.78 Å². The molecule has 0 radical (unpaired) electrons. The lowest BCUT2D eigenvalue weighted by Gasteiger charge is -2.18. The fourth-order valence-electron chi connectivity index (χ4n) is 4.27. The number of nitrogens with zero attached hydrogens (tertiary/aromatic N) is 1. The summed E-state index contributed by atoms with van der Waals surface area (Å²) in [5, 5.41) is 14.5. The number of ether oxygens (including phenoxy) is 1. The van der Waals surface area contributed by atoms with Crippen molar-refractivity contribution in [1.82, 2.24) is 15.6 Å². The molecular formula is C27H27N3O5. The third-order valence-electron chi connectivity index (χ3n) is 6.06. The Hall–Kier alpha value is -4.20. The molecule has 0 saturated heterocycles. The van der Waals surface area contributed by atoms with Gasteiger partial charge in [0.2, 0.25) is 0 Å². The molecule has 1 unspecified atom stereocenters. The van der Waals surface area contributed by atoms with Crippen LogP contribution in [0.25, 0.3) is 11.1 Å². The number of aromatic nitrogens is 1. The fourth-order valence-corrected chi connectivity index (χ4v) is 4.27. The molecule has 0 fully saturated rings.